The smallest absolute Gasteiger partial charge is 0.335 e. The molecule has 6 heteroatoms. The van der Waals surface area contributed by atoms with E-state index in [0.29, 0.717) is 30.8 Å². The van der Waals surface area contributed by atoms with Crippen molar-refractivity contribution in [2.24, 2.45) is 5.92 Å². The third-order valence-electron chi connectivity index (χ3n) is 4.75. The molecule has 2 amide bonds. The van der Waals surface area contributed by atoms with Gasteiger partial charge >= 0.3 is 5.97 Å². The van der Waals surface area contributed by atoms with Gasteiger partial charge in [-0.05, 0) is 50.1 Å². The van der Waals surface area contributed by atoms with Crippen molar-refractivity contribution >= 4 is 23.5 Å². The van der Waals surface area contributed by atoms with E-state index in [1.165, 1.54) is 12.1 Å². The number of carbonyl (C=O) groups excluding carboxylic acids is 2. The predicted octanol–water partition coefficient (Wildman–Crippen LogP) is 3.18. The van der Waals surface area contributed by atoms with Crippen LogP contribution >= 0.6 is 0 Å². The lowest BCUT2D eigenvalue weighted by molar-refractivity contribution is -0.121. The minimum Gasteiger partial charge on any atom is -0.478 e. The lowest BCUT2D eigenvalue weighted by atomic mass is 9.96. The normalized spacial score (nSPS) is 16.6. The van der Waals surface area contributed by atoms with Crippen LogP contribution in [0.5, 0.6) is 0 Å². The van der Waals surface area contributed by atoms with E-state index >= 15 is 0 Å². The molecular formula is C21H22N2O4. The third-order valence-corrected chi connectivity index (χ3v) is 4.75. The lowest BCUT2D eigenvalue weighted by Gasteiger charge is -2.32. The van der Waals surface area contributed by atoms with Crippen molar-refractivity contribution in [1.82, 2.24) is 4.90 Å². The lowest BCUT2D eigenvalue weighted by Crippen LogP contribution is -2.43. The highest BCUT2D eigenvalue weighted by atomic mass is 16.4. The van der Waals surface area contributed by atoms with Gasteiger partial charge in [0.25, 0.3) is 5.91 Å². The molecule has 0 bridgehead atoms. The zero-order valence-corrected chi connectivity index (χ0v) is 15.1. The number of nitrogens with zero attached hydrogens (tertiary/aromatic N) is 1. The minimum atomic E-state index is -1.04. The predicted molar refractivity (Wildman–Crippen MR) is 102 cm³/mol. The molecular weight excluding hydrogens is 344 g/mol. The number of amides is 2. The van der Waals surface area contributed by atoms with Crippen LogP contribution < -0.4 is 5.32 Å². The summed E-state index contributed by atoms with van der Waals surface area (Å²) in [5.41, 5.74) is 2.27. The summed E-state index contributed by atoms with van der Waals surface area (Å²) in [5, 5.41) is 11.8. The van der Waals surface area contributed by atoms with Crippen molar-refractivity contribution in [2.75, 3.05) is 18.4 Å². The Hall–Kier alpha value is -3.15. The molecule has 2 N–H and O–H groups in total. The zero-order valence-electron chi connectivity index (χ0n) is 15.1. The number of rotatable bonds is 4. The van der Waals surface area contributed by atoms with Gasteiger partial charge in [0.15, 0.2) is 0 Å². The number of hydrogen-bond donors (Lipinski definition) is 2. The van der Waals surface area contributed by atoms with Gasteiger partial charge in [-0.15, -0.1) is 0 Å². The molecule has 2 aromatic rings. The first-order chi connectivity index (χ1) is 12.9. The second-order valence-electron chi connectivity index (χ2n) is 6.83. The summed E-state index contributed by atoms with van der Waals surface area (Å²) in [6.07, 6.45) is 1.45. The van der Waals surface area contributed by atoms with Crippen LogP contribution in [0.1, 0.15) is 39.1 Å². The van der Waals surface area contributed by atoms with E-state index in [1.807, 2.05) is 19.1 Å². The first-order valence-electron chi connectivity index (χ1n) is 8.94. The van der Waals surface area contributed by atoms with Crippen LogP contribution in [0.25, 0.3) is 0 Å². The van der Waals surface area contributed by atoms with Crippen molar-refractivity contribution < 1.29 is 19.5 Å². The van der Waals surface area contributed by atoms with Gasteiger partial charge in [-0.2, -0.15) is 0 Å². The van der Waals surface area contributed by atoms with E-state index in [4.69, 9.17) is 5.11 Å². The van der Waals surface area contributed by atoms with Crippen molar-refractivity contribution in [1.29, 1.82) is 0 Å². The number of aromatic carboxylic acids is 1. The van der Waals surface area contributed by atoms with Crippen LogP contribution in [-0.2, 0) is 4.79 Å². The fraction of sp³-hybridized carbons (Fsp3) is 0.286. The van der Waals surface area contributed by atoms with E-state index in [9.17, 15) is 14.4 Å². The van der Waals surface area contributed by atoms with Crippen LogP contribution in [-0.4, -0.2) is 40.9 Å². The van der Waals surface area contributed by atoms with Crippen molar-refractivity contribution in [2.45, 2.75) is 19.8 Å². The number of carbonyl (C=O) groups is 3. The summed E-state index contributed by atoms with van der Waals surface area (Å²) in [6.45, 7) is 2.96. The van der Waals surface area contributed by atoms with E-state index in [0.717, 1.165) is 12.0 Å². The molecule has 0 radical (unpaired) electrons. The van der Waals surface area contributed by atoms with Gasteiger partial charge in [0.05, 0.1) is 11.5 Å². The molecule has 1 aliphatic heterocycles. The van der Waals surface area contributed by atoms with Gasteiger partial charge in [-0.3, -0.25) is 9.59 Å². The Morgan fingerprint density at radius 1 is 1.07 bits per heavy atom. The van der Waals surface area contributed by atoms with Crippen LogP contribution in [0.4, 0.5) is 5.69 Å². The fourth-order valence-electron chi connectivity index (χ4n) is 3.23. The van der Waals surface area contributed by atoms with Gasteiger partial charge in [0.2, 0.25) is 5.91 Å². The van der Waals surface area contributed by atoms with Gasteiger partial charge in [-0.25, -0.2) is 4.79 Å². The maximum Gasteiger partial charge on any atom is 0.335 e. The van der Waals surface area contributed by atoms with Gasteiger partial charge in [0, 0.05) is 24.3 Å². The zero-order chi connectivity index (χ0) is 19.4. The highest BCUT2D eigenvalue weighted by molar-refractivity contribution is 5.97. The largest absolute Gasteiger partial charge is 0.478 e. The van der Waals surface area contributed by atoms with Crippen LogP contribution in [0.15, 0.2) is 48.5 Å². The van der Waals surface area contributed by atoms with Gasteiger partial charge in [-0.1, -0.05) is 23.8 Å². The van der Waals surface area contributed by atoms with Crippen LogP contribution in [0, 0.1) is 12.8 Å². The molecule has 0 spiro atoms. The van der Waals surface area contributed by atoms with E-state index in [1.54, 1.807) is 29.2 Å². The Labute approximate surface area is 157 Å². The average molecular weight is 366 g/mol. The molecule has 0 aromatic heterocycles. The summed E-state index contributed by atoms with van der Waals surface area (Å²) in [4.78, 5) is 38.1. The summed E-state index contributed by atoms with van der Waals surface area (Å²) in [6, 6.07) is 13.6. The summed E-state index contributed by atoms with van der Waals surface area (Å²) >= 11 is 0. The second-order valence-corrected chi connectivity index (χ2v) is 6.83. The quantitative estimate of drug-likeness (QED) is 0.870. The number of hydrogen-bond acceptors (Lipinski definition) is 3. The maximum absolute atomic E-state index is 12.7. The average Bonchev–Trinajstić information content (AvgIpc) is 2.68. The van der Waals surface area contributed by atoms with E-state index in [-0.39, 0.29) is 23.3 Å². The number of nitrogens with one attached hydrogen (secondary N) is 1. The fourth-order valence-corrected chi connectivity index (χ4v) is 3.23. The Kier molecular flexibility index (Phi) is 5.54. The number of benzene rings is 2. The Morgan fingerprint density at radius 3 is 2.52 bits per heavy atom. The molecule has 1 unspecified atom stereocenters. The standard InChI is InChI=1S/C21H22N2O4/c1-14-7-9-15(10-8-14)20(25)23-11-3-5-17(13-23)19(24)22-18-6-2-4-16(12-18)21(26)27/h2,4,6-10,12,17H,3,5,11,13H2,1H3,(H,22,24)(H,26,27). The molecule has 1 fully saturated rings. The van der Waals surface area contributed by atoms with Crippen LogP contribution in [0.3, 0.4) is 0 Å². The Balaban J connectivity index is 1.66. The van der Waals surface area contributed by atoms with Gasteiger partial charge in [0.1, 0.15) is 0 Å². The highest BCUT2D eigenvalue weighted by Gasteiger charge is 2.29. The molecule has 3 rings (SSSR count). The number of carboxylic acids is 1. The molecule has 0 saturated carbocycles. The third kappa shape index (κ3) is 4.53. The van der Waals surface area contributed by atoms with Crippen LogP contribution in [0.2, 0.25) is 0 Å². The number of piperidine rings is 1. The molecule has 6 nitrogen and oxygen atoms in total. The molecule has 2 aromatic carbocycles. The number of carboxylic acid groups (broad SMARTS) is 1. The molecule has 1 heterocycles. The van der Waals surface area contributed by atoms with E-state index in [2.05, 4.69) is 5.32 Å². The molecule has 0 aliphatic carbocycles. The topological polar surface area (TPSA) is 86.7 Å². The van der Waals surface area contributed by atoms with Gasteiger partial charge < -0.3 is 15.3 Å². The summed E-state index contributed by atoms with van der Waals surface area (Å²) in [5.74, 6) is -1.63. The molecule has 1 aliphatic rings. The molecule has 1 atom stereocenters. The number of likely N-dealkylation sites (tertiary alicyclic amines) is 1. The molecule has 140 valence electrons. The number of aryl methyl sites for hydroxylation is 1. The Bertz CT molecular complexity index is 861. The number of anilines is 1. The first kappa shape index (κ1) is 18.6. The highest BCUT2D eigenvalue weighted by Crippen LogP contribution is 2.21. The minimum absolute atomic E-state index is 0.0691. The SMILES string of the molecule is Cc1ccc(C(=O)N2CCCC(C(=O)Nc3cccc(C(=O)O)c3)C2)cc1. The summed E-state index contributed by atoms with van der Waals surface area (Å²) in [7, 11) is 0. The maximum atomic E-state index is 12.7. The van der Waals surface area contributed by atoms with E-state index < -0.39 is 5.97 Å². The Morgan fingerprint density at radius 2 is 1.81 bits per heavy atom. The summed E-state index contributed by atoms with van der Waals surface area (Å²) < 4.78 is 0. The van der Waals surface area contributed by atoms with Crippen molar-refractivity contribution in [3.63, 3.8) is 0 Å². The van der Waals surface area contributed by atoms with Crippen molar-refractivity contribution in [3.05, 3.63) is 65.2 Å². The monoisotopic (exact) mass is 366 g/mol. The van der Waals surface area contributed by atoms with Crippen molar-refractivity contribution in [3.8, 4) is 0 Å². The first-order valence-corrected chi connectivity index (χ1v) is 8.94. The second kappa shape index (κ2) is 8.03. The molecule has 27 heavy (non-hydrogen) atoms. The molecule has 1 saturated heterocycles.